The molecule has 0 amide bonds. The lowest BCUT2D eigenvalue weighted by molar-refractivity contribution is 0.182. The highest BCUT2D eigenvalue weighted by molar-refractivity contribution is 5.87. The van der Waals surface area contributed by atoms with E-state index in [0.29, 0.717) is 13.2 Å². The third kappa shape index (κ3) is 4.21. The number of piperazine rings is 1. The molecular weight excluding hydrogens is 372 g/mol. The summed E-state index contributed by atoms with van der Waals surface area (Å²) in [5, 5.41) is 1.05. The van der Waals surface area contributed by atoms with Crippen LogP contribution in [-0.4, -0.2) is 61.3 Å². The number of aryl methyl sites for hydroxylation is 2. The molecule has 5 heteroatoms. The fraction of sp³-hybridized carbons (Fsp3) is 0.400. The number of aromatic amines is 1. The van der Waals surface area contributed by atoms with Crippen LogP contribution in [0.5, 0.6) is 0 Å². The molecule has 30 heavy (non-hydrogen) atoms. The maximum atomic E-state index is 5.32. The summed E-state index contributed by atoms with van der Waals surface area (Å²) in [4.78, 5) is 12.8. The number of benzene rings is 1. The Morgan fingerprint density at radius 3 is 2.50 bits per heavy atom. The molecule has 0 atom stereocenters. The highest BCUT2D eigenvalue weighted by atomic mass is 16.5. The maximum absolute atomic E-state index is 5.32. The van der Waals surface area contributed by atoms with Gasteiger partial charge in [0.15, 0.2) is 0 Å². The van der Waals surface area contributed by atoms with Crippen LogP contribution in [0.25, 0.3) is 22.2 Å². The van der Waals surface area contributed by atoms with E-state index in [1.165, 1.54) is 22.4 Å². The van der Waals surface area contributed by atoms with Gasteiger partial charge in [0.25, 0.3) is 0 Å². The van der Waals surface area contributed by atoms with Crippen LogP contribution in [0.1, 0.15) is 23.6 Å². The number of nitrogens with zero attached hydrogens (tertiary/aromatic N) is 3. The number of pyridine rings is 1. The molecule has 0 unspecified atom stereocenters. The van der Waals surface area contributed by atoms with Crippen molar-refractivity contribution in [3.63, 3.8) is 0 Å². The average molecular weight is 403 g/mol. The molecule has 156 valence electrons. The van der Waals surface area contributed by atoms with E-state index in [9.17, 15) is 0 Å². The number of ether oxygens (including phenoxy) is 1. The van der Waals surface area contributed by atoms with E-state index < -0.39 is 0 Å². The molecule has 1 fully saturated rings. The zero-order valence-corrected chi connectivity index (χ0v) is 18.4. The summed E-state index contributed by atoms with van der Waals surface area (Å²) >= 11 is 0. The maximum Gasteiger partial charge on any atom is 0.138 e. The number of nitrogens with one attached hydrogen (secondary N) is 1. The summed E-state index contributed by atoms with van der Waals surface area (Å²) in [6, 6.07) is 6.76. The number of hydrogen-bond acceptors (Lipinski definition) is 4. The van der Waals surface area contributed by atoms with E-state index in [0.717, 1.165) is 48.3 Å². The van der Waals surface area contributed by atoms with E-state index in [1.807, 2.05) is 19.3 Å². The van der Waals surface area contributed by atoms with Gasteiger partial charge in [0.05, 0.1) is 5.56 Å². The molecule has 1 aromatic carbocycles. The summed E-state index contributed by atoms with van der Waals surface area (Å²) in [7, 11) is 2.19. The number of aromatic nitrogens is 2. The van der Waals surface area contributed by atoms with Crippen molar-refractivity contribution < 1.29 is 4.74 Å². The van der Waals surface area contributed by atoms with E-state index >= 15 is 0 Å². The lowest BCUT2D eigenvalue weighted by atomic mass is 9.98. The predicted octanol–water partition coefficient (Wildman–Crippen LogP) is 3.99. The Morgan fingerprint density at radius 2 is 1.80 bits per heavy atom. The van der Waals surface area contributed by atoms with Gasteiger partial charge in [0.2, 0.25) is 0 Å². The smallest absolute Gasteiger partial charge is 0.138 e. The summed E-state index contributed by atoms with van der Waals surface area (Å²) in [6.07, 6.45) is 3.87. The van der Waals surface area contributed by atoms with Crippen molar-refractivity contribution in [1.29, 1.82) is 0 Å². The summed E-state index contributed by atoms with van der Waals surface area (Å²) in [5.41, 5.74) is 8.16. The second-order valence-corrected chi connectivity index (χ2v) is 8.01. The lowest BCUT2D eigenvalue weighted by Crippen LogP contribution is -2.45. The van der Waals surface area contributed by atoms with Crippen molar-refractivity contribution in [2.75, 3.05) is 51.3 Å². The highest BCUT2D eigenvalue weighted by Gasteiger charge is 2.18. The van der Waals surface area contributed by atoms with Gasteiger partial charge in [-0.25, -0.2) is 4.98 Å². The molecule has 5 nitrogen and oxygen atoms in total. The molecule has 3 aromatic rings. The van der Waals surface area contributed by atoms with Gasteiger partial charge in [0, 0.05) is 61.8 Å². The molecule has 0 radical (unpaired) electrons. The number of H-pyrrole nitrogens is 1. The quantitative estimate of drug-likeness (QED) is 0.529. The second kappa shape index (κ2) is 8.91. The Kier molecular flexibility index (Phi) is 6.08. The fourth-order valence-electron chi connectivity index (χ4n) is 4.20. The Hall–Kier alpha value is -2.81. The molecule has 1 aliphatic rings. The molecule has 1 aliphatic heterocycles. The molecular formula is C25H30N4O. The number of rotatable bonds is 4. The largest absolute Gasteiger partial charge is 0.369 e. The summed E-state index contributed by atoms with van der Waals surface area (Å²) in [5.74, 6) is 6.28. The molecule has 1 saturated heterocycles. The predicted molar refractivity (Wildman–Crippen MR) is 124 cm³/mol. The van der Waals surface area contributed by atoms with Gasteiger partial charge < -0.3 is 19.5 Å². The molecule has 3 heterocycles. The normalized spacial score (nSPS) is 14.7. The van der Waals surface area contributed by atoms with Gasteiger partial charge in [-0.05, 0) is 62.7 Å². The fourth-order valence-corrected chi connectivity index (χ4v) is 4.20. The first-order chi connectivity index (χ1) is 14.6. The molecule has 0 aliphatic carbocycles. The van der Waals surface area contributed by atoms with Crippen molar-refractivity contribution in [2.24, 2.45) is 0 Å². The SMILES string of the molecule is CCOCC#Cc1c[nH]c2ncc(-c3cc(C)c(N4CCN(C)CC4)c(C)c3)cc12. The van der Waals surface area contributed by atoms with Gasteiger partial charge in [-0.3, -0.25) is 0 Å². The Labute approximate surface area is 179 Å². The zero-order valence-electron chi connectivity index (χ0n) is 18.4. The van der Waals surface area contributed by atoms with E-state index in [-0.39, 0.29) is 0 Å². The van der Waals surface area contributed by atoms with Crippen LogP contribution < -0.4 is 4.90 Å². The highest BCUT2D eigenvalue weighted by Crippen LogP contribution is 2.32. The van der Waals surface area contributed by atoms with Crippen molar-refractivity contribution in [2.45, 2.75) is 20.8 Å². The monoisotopic (exact) mass is 402 g/mol. The molecule has 2 aromatic heterocycles. The van der Waals surface area contributed by atoms with Crippen LogP contribution in [0.3, 0.4) is 0 Å². The van der Waals surface area contributed by atoms with Crippen LogP contribution in [0.15, 0.2) is 30.6 Å². The van der Waals surface area contributed by atoms with Gasteiger partial charge in [-0.15, -0.1) is 0 Å². The minimum absolute atomic E-state index is 0.447. The number of fused-ring (bicyclic) bond motifs is 1. The molecule has 0 spiro atoms. The van der Waals surface area contributed by atoms with Crippen molar-refractivity contribution in [3.05, 3.63) is 47.3 Å². The third-order valence-corrected chi connectivity index (χ3v) is 5.78. The number of anilines is 1. The first-order valence-corrected chi connectivity index (χ1v) is 10.7. The minimum Gasteiger partial charge on any atom is -0.369 e. The Bertz CT molecular complexity index is 1070. The van der Waals surface area contributed by atoms with Gasteiger partial charge >= 0.3 is 0 Å². The van der Waals surface area contributed by atoms with E-state index in [2.05, 4.69) is 70.7 Å². The number of likely N-dealkylation sites (N-methyl/N-ethyl adjacent to an activating group) is 1. The summed E-state index contributed by atoms with van der Waals surface area (Å²) < 4.78 is 5.32. The molecule has 1 N–H and O–H groups in total. The lowest BCUT2D eigenvalue weighted by Gasteiger charge is -2.36. The van der Waals surface area contributed by atoms with Crippen molar-refractivity contribution in [3.8, 4) is 23.0 Å². The standard InChI is InChI=1S/C25H30N4O/c1-5-30-12-6-7-20-16-26-25-23(20)15-22(17-27-25)21-13-18(2)24(19(3)14-21)29-10-8-28(4)9-11-29/h13-17H,5,8-12H2,1-4H3,(H,26,27). The van der Waals surface area contributed by atoms with E-state index in [1.54, 1.807) is 0 Å². The Morgan fingerprint density at radius 1 is 1.07 bits per heavy atom. The Balaban J connectivity index is 1.65. The minimum atomic E-state index is 0.447. The van der Waals surface area contributed by atoms with Crippen LogP contribution >= 0.6 is 0 Å². The van der Waals surface area contributed by atoms with Gasteiger partial charge in [-0.1, -0.05) is 11.8 Å². The number of hydrogen-bond donors (Lipinski definition) is 1. The van der Waals surface area contributed by atoms with E-state index in [4.69, 9.17) is 4.74 Å². The van der Waals surface area contributed by atoms with Crippen LogP contribution in [-0.2, 0) is 4.74 Å². The van der Waals surface area contributed by atoms with Gasteiger partial charge in [0.1, 0.15) is 12.3 Å². The van der Waals surface area contributed by atoms with Crippen LogP contribution in [0.2, 0.25) is 0 Å². The zero-order chi connectivity index (χ0) is 21.1. The first kappa shape index (κ1) is 20.5. The topological polar surface area (TPSA) is 44.4 Å². The molecule has 0 bridgehead atoms. The van der Waals surface area contributed by atoms with Crippen molar-refractivity contribution in [1.82, 2.24) is 14.9 Å². The first-order valence-electron chi connectivity index (χ1n) is 10.7. The van der Waals surface area contributed by atoms with Crippen molar-refractivity contribution >= 4 is 16.7 Å². The van der Waals surface area contributed by atoms with Crippen LogP contribution in [0.4, 0.5) is 5.69 Å². The van der Waals surface area contributed by atoms with Gasteiger partial charge in [-0.2, -0.15) is 0 Å². The molecule has 0 saturated carbocycles. The van der Waals surface area contributed by atoms with Crippen LogP contribution in [0, 0.1) is 25.7 Å². The third-order valence-electron chi connectivity index (χ3n) is 5.78. The molecule has 4 rings (SSSR count). The average Bonchev–Trinajstić information content (AvgIpc) is 3.14. The summed E-state index contributed by atoms with van der Waals surface area (Å²) in [6.45, 7) is 11.9. The second-order valence-electron chi connectivity index (χ2n) is 8.01.